The van der Waals surface area contributed by atoms with Gasteiger partial charge in [0.15, 0.2) is 9.84 Å². The monoisotopic (exact) mass is 652 g/mol. The van der Waals surface area contributed by atoms with Gasteiger partial charge in [0.1, 0.15) is 22.0 Å². The largest absolute Gasteiger partial charge is 0.507 e. The van der Waals surface area contributed by atoms with Gasteiger partial charge in [-0.05, 0) is 71.6 Å². The number of aromatic hydroxyl groups is 1. The topological polar surface area (TPSA) is 222 Å². The van der Waals surface area contributed by atoms with Crippen LogP contribution in [0.5, 0.6) is 5.75 Å². The molecule has 0 radical (unpaired) electrons. The number of azo groups is 1. The lowest BCUT2D eigenvalue weighted by Crippen LogP contribution is -2.05. The fourth-order valence-electron chi connectivity index (χ4n) is 3.99. The van der Waals surface area contributed by atoms with E-state index in [0.29, 0.717) is 16.5 Å². The fourth-order valence-corrected chi connectivity index (χ4v) is 5.51. The Morgan fingerprint density at radius 1 is 0.864 bits per heavy atom. The Bertz CT molecular complexity index is 2180. The lowest BCUT2D eigenvalue weighted by Gasteiger charge is -2.10. The third-order valence-corrected chi connectivity index (χ3v) is 8.47. The van der Waals surface area contributed by atoms with E-state index >= 15 is 0 Å². The Labute approximate surface area is 255 Å². The minimum atomic E-state index is -4.80. The lowest BCUT2D eigenvalue weighted by molar-refractivity contribution is 0.481. The van der Waals surface area contributed by atoms with Crippen LogP contribution in [0.25, 0.3) is 10.8 Å². The van der Waals surface area contributed by atoms with E-state index in [2.05, 4.69) is 42.4 Å². The quantitative estimate of drug-likeness (QED) is 0.0699. The van der Waals surface area contributed by atoms with Gasteiger partial charge < -0.3 is 21.5 Å². The summed E-state index contributed by atoms with van der Waals surface area (Å²) in [5.41, 5.74) is 6.69. The number of phenolic OH excluding ortho intramolecular Hbond substituents is 1. The van der Waals surface area contributed by atoms with Gasteiger partial charge >= 0.3 is 0 Å². The number of halogens is 1. The van der Waals surface area contributed by atoms with E-state index in [4.69, 9.17) is 17.3 Å². The standard InChI is InChI=1S/C27H21ClN8O6S2/c1-2-43(38,39)18-10-7-16(8-11-18)30-26-32-25(28)33-27(34-26)31-17-9-13-20(22(14-17)44(40,41)42)35-36-24-19(29)12-6-15-4-3-5-21(37)23(15)24/h2-14,37H,1,29H2,(H,40,41,42)(H2,30,31,32,33,34)/b36-35+. The van der Waals surface area contributed by atoms with Crippen molar-refractivity contribution in [3.8, 4) is 5.75 Å². The number of nitrogens with one attached hydrogen (secondary N) is 2. The highest BCUT2D eigenvalue weighted by molar-refractivity contribution is 7.94. The third-order valence-electron chi connectivity index (χ3n) is 6.05. The van der Waals surface area contributed by atoms with Gasteiger partial charge in [0.05, 0.1) is 16.0 Å². The molecule has 0 aliphatic heterocycles. The summed E-state index contributed by atoms with van der Waals surface area (Å²) in [6.07, 6.45) is 0. The smallest absolute Gasteiger partial charge is 0.296 e. The zero-order valence-electron chi connectivity index (χ0n) is 22.2. The Morgan fingerprint density at radius 3 is 2.18 bits per heavy atom. The molecule has 0 aliphatic rings. The molecule has 5 aromatic rings. The summed E-state index contributed by atoms with van der Waals surface area (Å²) in [6.45, 7) is 3.29. The number of hydrogen-bond donors (Lipinski definition) is 5. The molecule has 224 valence electrons. The predicted octanol–water partition coefficient (Wildman–Crippen LogP) is 6.03. The Kier molecular flexibility index (Phi) is 8.16. The summed E-state index contributed by atoms with van der Waals surface area (Å²) in [5, 5.41) is 25.7. The SMILES string of the molecule is C=CS(=O)(=O)c1ccc(Nc2nc(Cl)nc(Nc3ccc(/N=N/c4c(N)ccc5cccc(O)c45)c(S(=O)(=O)O)c3)n2)cc1. The number of anilines is 5. The molecule has 17 heteroatoms. The molecule has 0 bridgehead atoms. The number of nitrogen functional groups attached to an aromatic ring is 1. The van der Waals surface area contributed by atoms with Crippen molar-refractivity contribution < 1.29 is 26.5 Å². The number of hydrogen-bond acceptors (Lipinski definition) is 13. The summed E-state index contributed by atoms with van der Waals surface area (Å²) >= 11 is 6.06. The highest BCUT2D eigenvalue weighted by atomic mass is 35.5. The van der Waals surface area contributed by atoms with Crippen molar-refractivity contribution in [1.29, 1.82) is 0 Å². The van der Waals surface area contributed by atoms with Gasteiger partial charge in [-0.15, -0.1) is 10.2 Å². The van der Waals surface area contributed by atoms with Crippen molar-refractivity contribution in [3.05, 3.63) is 90.1 Å². The summed E-state index contributed by atoms with van der Waals surface area (Å²) in [5.74, 6) is -0.197. The zero-order chi connectivity index (χ0) is 31.6. The van der Waals surface area contributed by atoms with Crippen molar-refractivity contribution in [2.75, 3.05) is 16.4 Å². The van der Waals surface area contributed by atoms with Gasteiger partial charge in [-0.3, -0.25) is 4.55 Å². The summed E-state index contributed by atoms with van der Waals surface area (Å²) < 4.78 is 58.3. The van der Waals surface area contributed by atoms with Crippen molar-refractivity contribution in [3.63, 3.8) is 0 Å². The first-order chi connectivity index (χ1) is 20.8. The van der Waals surface area contributed by atoms with Crippen LogP contribution in [0.2, 0.25) is 5.28 Å². The zero-order valence-corrected chi connectivity index (χ0v) is 24.6. The molecule has 0 fully saturated rings. The highest BCUT2D eigenvalue weighted by Crippen LogP contribution is 2.39. The maximum Gasteiger partial charge on any atom is 0.296 e. The minimum absolute atomic E-state index is 0.0109. The van der Waals surface area contributed by atoms with Crippen LogP contribution >= 0.6 is 11.6 Å². The Hall–Kier alpha value is -5.16. The van der Waals surface area contributed by atoms with E-state index in [0.717, 1.165) is 11.5 Å². The number of benzene rings is 4. The van der Waals surface area contributed by atoms with Gasteiger partial charge in [-0.2, -0.15) is 23.4 Å². The molecule has 0 aliphatic carbocycles. The van der Waals surface area contributed by atoms with Crippen LogP contribution < -0.4 is 16.4 Å². The van der Waals surface area contributed by atoms with Crippen LogP contribution in [0.3, 0.4) is 0 Å². The highest BCUT2D eigenvalue weighted by Gasteiger charge is 2.18. The average Bonchev–Trinajstić information content (AvgIpc) is 2.97. The Morgan fingerprint density at radius 2 is 1.52 bits per heavy atom. The molecule has 1 heterocycles. The fraction of sp³-hybridized carbons (Fsp3) is 0. The minimum Gasteiger partial charge on any atom is -0.507 e. The van der Waals surface area contributed by atoms with Crippen molar-refractivity contribution in [1.82, 2.24) is 15.0 Å². The van der Waals surface area contributed by atoms with Crippen LogP contribution in [-0.2, 0) is 20.0 Å². The van der Waals surface area contributed by atoms with Crippen LogP contribution in [0.4, 0.5) is 40.3 Å². The molecule has 5 rings (SSSR count). The maximum atomic E-state index is 12.3. The van der Waals surface area contributed by atoms with E-state index in [-0.39, 0.29) is 50.6 Å². The first kappa shape index (κ1) is 30.3. The number of phenols is 1. The second kappa shape index (κ2) is 11.8. The maximum absolute atomic E-state index is 12.3. The Balaban J connectivity index is 1.43. The third kappa shape index (κ3) is 6.57. The van der Waals surface area contributed by atoms with Crippen molar-refractivity contribution >= 4 is 82.7 Å². The molecular weight excluding hydrogens is 632 g/mol. The van der Waals surface area contributed by atoms with Crippen LogP contribution in [0.1, 0.15) is 0 Å². The van der Waals surface area contributed by atoms with Gasteiger partial charge in [0.25, 0.3) is 10.1 Å². The number of rotatable bonds is 9. The van der Waals surface area contributed by atoms with Gasteiger partial charge in [-0.25, -0.2) is 8.42 Å². The molecule has 44 heavy (non-hydrogen) atoms. The second-order valence-corrected chi connectivity index (χ2v) is 12.6. The van der Waals surface area contributed by atoms with Crippen molar-refractivity contribution in [2.24, 2.45) is 10.2 Å². The van der Waals surface area contributed by atoms with Crippen LogP contribution in [-0.4, -0.2) is 41.4 Å². The molecule has 4 aromatic carbocycles. The van der Waals surface area contributed by atoms with Crippen LogP contribution in [0.15, 0.2) is 105 Å². The molecule has 0 unspecified atom stereocenters. The number of aromatic nitrogens is 3. The summed E-state index contributed by atoms with van der Waals surface area (Å²) in [6, 6.07) is 17.6. The van der Waals surface area contributed by atoms with Crippen molar-refractivity contribution in [2.45, 2.75) is 9.79 Å². The molecule has 0 saturated heterocycles. The molecule has 0 atom stereocenters. The summed E-state index contributed by atoms with van der Waals surface area (Å²) in [4.78, 5) is 11.6. The van der Waals surface area contributed by atoms with Gasteiger partial charge in [0.2, 0.25) is 17.2 Å². The molecule has 0 spiro atoms. The van der Waals surface area contributed by atoms with Gasteiger partial charge in [0, 0.05) is 16.8 Å². The summed E-state index contributed by atoms with van der Waals surface area (Å²) in [7, 11) is -8.41. The first-order valence-electron chi connectivity index (χ1n) is 12.3. The van der Waals surface area contributed by atoms with E-state index in [1.165, 1.54) is 42.5 Å². The van der Waals surface area contributed by atoms with Gasteiger partial charge in [-0.1, -0.05) is 24.8 Å². The van der Waals surface area contributed by atoms with E-state index in [1.807, 2.05) is 0 Å². The van der Waals surface area contributed by atoms with Crippen LogP contribution in [0, 0.1) is 0 Å². The number of sulfone groups is 1. The first-order valence-corrected chi connectivity index (χ1v) is 15.7. The van der Waals surface area contributed by atoms with E-state index < -0.39 is 24.9 Å². The molecular formula is C27H21ClN8O6S2. The lowest BCUT2D eigenvalue weighted by atomic mass is 10.1. The molecule has 0 amide bonds. The predicted molar refractivity (Wildman–Crippen MR) is 166 cm³/mol. The number of nitrogens with zero attached hydrogens (tertiary/aromatic N) is 5. The molecule has 14 nitrogen and oxygen atoms in total. The average molecular weight is 653 g/mol. The van der Waals surface area contributed by atoms with E-state index in [9.17, 15) is 26.5 Å². The molecule has 0 saturated carbocycles. The molecule has 6 N–H and O–H groups in total. The van der Waals surface area contributed by atoms with E-state index in [1.54, 1.807) is 24.3 Å². The normalized spacial score (nSPS) is 12.0. The second-order valence-electron chi connectivity index (χ2n) is 8.97. The number of nitrogens with two attached hydrogens (primary N) is 1. The molecule has 1 aromatic heterocycles. The number of fused-ring (bicyclic) bond motifs is 1.